The van der Waals surface area contributed by atoms with E-state index in [-0.39, 0.29) is 23.3 Å². The van der Waals surface area contributed by atoms with Crippen LogP contribution in [0.15, 0.2) is 18.2 Å². The first-order chi connectivity index (χ1) is 11.4. The summed E-state index contributed by atoms with van der Waals surface area (Å²) in [4.78, 5) is 36.9. The lowest BCUT2D eigenvalue weighted by Gasteiger charge is -2.38. The van der Waals surface area contributed by atoms with Gasteiger partial charge < -0.3 is 15.3 Å². The van der Waals surface area contributed by atoms with Gasteiger partial charge in [0.15, 0.2) is 0 Å². The summed E-state index contributed by atoms with van der Waals surface area (Å²) in [5, 5.41) is 12.1. The molecule has 0 bridgehead atoms. The zero-order valence-corrected chi connectivity index (χ0v) is 13.5. The molecule has 2 N–H and O–H groups in total. The number of carboxylic acid groups (broad SMARTS) is 1. The summed E-state index contributed by atoms with van der Waals surface area (Å²) < 4.78 is 0. The molecule has 0 aromatic heterocycles. The molecule has 1 aliphatic carbocycles. The van der Waals surface area contributed by atoms with E-state index in [9.17, 15) is 14.4 Å². The molecule has 2 atom stereocenters. The number of anilines is 1. The number of benzene rings is 1. The summed E-state index contributed by atoms with van der Waals surface area (Å²) in [6.45, 7) is 2.47. The SMILES string of the molecule is C[C@H]1CCC(c2ccc3c(c2)NC(=O)C32CC2)N(C(=O)C(=O)O)C1. The smallest absolute Gasteiger partial charge is 0.394 e. The Morgan fingerprint density at radius 2 is 2.04 bits per heavy atom. The van der Waals surface area contributed by atoms with Gasteiger partial charge in [0, 0.05) is 12.2 Å². The molecule has 2 fully saturated rings. The largest absolute Gasteiger partial charge is 0.474 e. The Hall–Kier alpha value is -2.37. The van der Waals surface area contributed by atoms with Crippen LogP contribution >= 0.6 is 0 Å². The Bertz CT molecular complexity index is 753. The molecule has 1 saturated carbocycles. The normalized spacial score (nSPS) is 26.9. The molecule has 2 amide bonds. The van der Waals surface area contributed by atoms with Gasteiger partial charge in [-0.1, -0.05) is 19.1 Å². The molecule has 24 heavy (non-hydrogen) atoms. The summed E-state index contributed by atoms with van der Waals surface area (Å²) >= 11 is 0. The van der Waals surface area contributed by atoms with Crippen molar-refractivity contribution in [1.82, 2.24) is 4.90 Å². The number of likely N-dealkylation sites (tertiary alicyclic amines) is 1. The molecule has 4 rings (SSSR count). The molecular weight excluding hydrogens is 308 g/mol. The summed E-state index contributed by atoms with van der Waals surface area (Å²) in [5.74, 6) is -1.92. The number of aliphatic carboxylic acids is 1. The molecule has 0 radical (unpaired) electrons. The van der Waals surface area contributed by atoms with Crippen LogP contribution in [0.5, 0.6) is 0 Å². The maximum Gasteiger partial charge on any atom is 0.394 e. The first-order valence-corrected chi connectivity index (χ1v) is 8.42. The summed E-state index contributed by atoms with van der Waals surface area (Å²) in [6, 6.07) is 5.59. The Morgan fingerprint density at radius 1 is 1.29 bits per heavy atom. The van der Waals surface area contributed by atoms with Gasteiger partial charge in [-0.3, -0.25) is 9.59 Å². The fourth-order valence-electron chi connectivity index (χ4n) is 4.12. The van der Waals surface area contributed by atoms with Gasteiger partial charge in [0.2, 0.25) is 5.91 Å². The van der Waals surface area contributed by atoms with Crippen molar-refractivity contribution in [2.75, 3.05) is 11.9 Å². The van der Waals surface area contributed by atoms with Crippen molar-refractivity contribution in [2.45, 2.75) is 44.1 Å². The number of amides is 2. The molecule has 1 aromatic rings. The van der Waals surface area contributed by atoms with E-state index in [0.717, 1.165) is 42.5 Å². The minimum absolute atomic E-state index is 0.0605. The van der Waals surface area contributed by atoms with Gasteiger partial charge in [0.25, 0.3) is 0 Å². The average molecular weight is 328 g/mol. The molecule has 126 valence electrons. The predicted octanol–water partition coefficient (Wildman–Crippen LogP) is 2.05. The number of fused-ring (bicyclic) bond motifs is 2. The van der Waals surface area contributed by atoms with Crippen molar-refractivity contribution in [3.05, 3.63) is 29.3 Å². The van der Waals surface area contributed by atoms with Gasteiger partial charge in [0.1, 0.15) is 0 Å². The molecule has 6 nitrogen and oxygen atoms in total. The Morgan fingerprint density at radius 3 is 2.71 bits per heavy atom. The number of rotatable bonds is 1. The van der Waals surface area contributed by atoms with Gasteiger partial charge >= 0.3 is 11.9 Å². The first-order valence-electron chi connectivity index (χ1n) is 8.42. The van der Waals surface area contributed by atoms with Crippen LogP contribution < -0.4 is 5.32 Å². The van der Waals surface area contributed by atoms with Gasteiger partial charge in [-0.25, -0.2) is 4.79 Å². The quantitative estimate of drug-likeness (QED) is 0.773. The van der Waals surface area contributed by atoms with Crippen LogP contribution in [-0.2, 0) is 19.8 Å². The minimum Gasteiger partial charge on any atom is -0.474 e. The fourth-order valence-corrected chi connectivity index (χ4v) is 4.12. The Balaban J connectivity index is 1.67. The van der Waals surface area contributed by atoms with Crippen molar-refractivity contribution in [3.8, 4) is 0 Å². The highest BCUT2D eigenvalue weighted by molar-refractivity contribution is 6.31. The Kier molecular flexibility index (Phi) is 3.20. The van der Waals surface area contributed by atoms with Crippen molar-refractivity contribution >= 4 is 23.5 Å². The maximum absolute atomic E-state index is 12.2. The molecule has 1 aromatic carbocycles. The van der Waals surface area contributed by atoms with E-state index in [1.807, 2.05) is 25.1 Å². The average Bonchev–Trinajstić information content (AvgIpc) is 3.30. The van der Waals surface area contributed by atoms with Crippen LogP contribution in [0.1, 0.15) is 49.8 Å². The van der Waals surface area contributed by atoms with Gasteiger partial charge in [-0.15, -0.1) is 0 Å². The number of carbonyl (C=O) groups is 3. The second-order valence-corrected chi connectivity index (χ2v) is 7.30. The molecule has 1 saturated heterocycles. The third-order valence-corrected chi connectivity index (χ3v) is 5.64. The second-order valence-electron chi connectivity index (χ2n) is 7.30. The Labute approximate surface area is 139 Å². The number of nitrogens with one attached hydrogen (secondary N) is 1. The van der Waals surface area contributed by atoms with E-state index in [2.05, 4.69) is 5.32 Å². The molecule has 3 aliphatic rings. The highest BCUT2D eigenvalue weighted by Gasteiger charge is 2.56. The van der Waals surface area contributed by atoms with Gasteiger partial charge in [0.05, 0.1) is 11.5 Å². The number of hydrogen-bond donors (Lipinski definition) is 2. The number of carbonyl (C=O) groups excluding carboxylic acids is 2. The van der Waals surface area contributed by atoms with Crippen LogP contribution in [0.3, 0.4) is 0 Å². The lowest BCUT2D eigenvalue weighted by atomic mass is 9.88. The molecule has 6 heteroatoms. The highest BCUT2D eigenvalue weighted by atomic mass is 16.4. The van der Waals surface area contributed by atoms with E-state index in [1.165, 1.54) is 4.90 Å². The third kappa shape index (κ3) is 2.12. The molecule has 2 aliphatic heterocycles. The number of hydrogen-bond acceptors (Lipinski definition) is 3. The monoisotopic (exact) mass is 328 g/mol. The zero-order chi connectivity index (χ0) is 17.1. The molecular formula is C18H20N2O4. The highest BCUT2D eigenvalue weighted by Crippen LogP contribution is 2.55. The zero-order valence-electron chi connectivity index (χ0n) is 13.5. The number of carboxylic acids is 1. The fraction of sp³-hybridized carbons (Fsp3) is 0.500. The summed E-state index contributed by atoms with van der Waals surface area (Å²) in [7, 11) is 0. The molecule has 2 heterocycles. The molecule has 1 spiro atoms. The van der Waals surface area contributed by atoms with Crippen LogP contribution in [-0.4, -0.2) is 34.3 Å². The van der Waals surface area contributed by atoms with Crippen molar-refractivity contribution in [2.24, 2.45) is 5.92 Å². The lowest BCUT2D eigenvalue weighted by Crippen LogP contribution is -2.44. The van der Waals surface area contributed by atoms with E-state index in [0.29, 0.717) is 6.54 Å². The number of nitrogens with zero attached hydrogens (tertiary/aromatic N) is 1. The van der Waals surface area contributed by atoms with Crippen LogP contribution in [0.25, 0.3) is 0 Å². The third-order valence-electron chi connectivity index (χ3n) is 5.64. The standard InChI is InChI=1S/C18H20N2O4/c1-10-2-5-14(20(9-10)15(21)16(22)23)11-3-4-12-13(8-11)19-17(24)18(12)6-7-18/h3-4,8,10,14H,2,5-7,9H2,1H3,(H,19,24)(H,22,23)/t10-,14?/m0/s1. The van der Waals surface area contributed by atoms with Crippen molar-refractivity contribution in [3.63, 3.8) is 0 Å². The van der Waals surface area contributed by atoms with Gasteiger partial charge in [-0.2, -0.15) is 0 Å². The minimum atomic E-state index is -1.42. The maximum atomic E-state index is 12.2. The van der Waals surface area contributed by atoms with E-state index < -0.39 is 11.9 Å². The van der Waals surface area contributed by atoms with Crippen molar-refractivity contribution < 1.29 is 19.5 Å². The number of piperidine rings is 1. The summed E-state index contributed by atoms with van der Waals surface area (Å²) in [6.07, 6.45) is 3.45. The van der Waals surface area contributed by atoms with Crippen LogP contribution in [0.4, 0.5) is 5.69 Å². The van der Waals surface area contributed by atoms with Gasteiger partial charge in [-0.05, 0) is 48.8 Å². The second kappa shape index (κ2) is 5.06. The van der Waals surface area contributed by atoms with E-state index in [1.54, 1.807) is 0 Å². The first kappa shape index (κ1) is 15.2. The lowest BCUT2D eigenvalue weighted by molar-refractivity contribution is -0.158. The predicted molar refractivity (Wildman–Crippen MR) is 86.5 cm³/mol. The van der Waals surface area contributed by atoms with Crippen molar-refractivity contribution in [1.29, 1.82) is 0 Å². The van der Waals surface area contributed by atoms with E-state index >= 15 is 0 Å². The van der Waals surface area contributed by atoms with Crippen LogP contribution in [0.2, 0.25) is 0 Å². The topological polar surface area (TPSA) is 86.7 Å². The summed E-state index contributed by atoms with van der Waals surface area (Å²) in [5.41, 5.74) is 2.42. The molecule has 1 unspecified atom stereocenters. The van der Waals surface area contributed by atoms with E-state index in [4.69, 9.17) is 5.11 Å². The van der Waals surface area contributed by atoms with Crippen LogP contribution in [0, 0.1) is 5.92 Å².